The zero-order chi connectivity index (χ0) is 10.3. The number of hydrogen-bond donors (Lipinski definition) is 1. The molecule has 0 aromatic heterocycles. The van der Waals surface area contributed by atoms with Gasteiger partial charge in [-0.05, 0) is 37.0 Å². The van der Waals surface area contributed by atoms with Gasteiger partial charge >= 0.3 is 0 Å². The van der Waals surface area contributed by atoms with Crippen LogP contribution in [-0.2, 0) is 0 Å². The van der Waals surface area contributed by atoms with Crippen molar-refractivity contribution < 1.29 is 0 Å². The van der Waals surface area contributed by atoms with Crippen LogP contribution in [0.3, 0.4) is 0 Å². The Kier molecular flexibility index (Phi) is 2.61. The maximum atomic E-state index is 5.74. The predicted molar refractivity (Wildman–Crippen MR) is 60.1 cm³/mol. The molecule has 14 heavy (non-hydrogen) atoms. The second-order valence-corrected chi connectivity index (χ2v) is 5.57. The summed E-state index contributed by atoms with van der Waals surface area (Å²) in [7, 11) is 0. The summed E-state index contributed by atoms with van der Waals surface area (Å²) >= 11 is 0. The largest absolute Gasteiger partial charge is 0.329 e. The van der Waals surface area contributed by atoms with Crippen molar-refractivity contribution in [3.8, 4) is 0 Å². The lowest BCUT2D eigenvalue weighted by Crippen LogP contribution is -2.51. The van der Waals surface area contributed by atoms with Crippen molar-refractivity contribution in [3.05, 3.63) is 0 Å². The molecule has 1 heterocycles. The van der Waals surface area contributed by atoms with Crippen LogP contribution < -0.4 is 5.73 Å². The van der Waals surface area contributed by atoms with Crippen molar-refractivity contribution in [1.29, 1.82) is 0 Å². The summed E-state index contributed by atoms with van der Waals surface area (Å²) in [6.45, 7) is 10.4. The van der Waals surface area contributed by atoms with Gasteiger partial charge in [0.05, 0.1) is 0 Å². The van der Waals surface area contributed by atoms with Crippen LogP contribution in [0.4, 0.5) is 0 Å². The Morgan fingerprint density at radius 2 is 1.79 bits per heavy atom. The third kappa shape index (κ3) is 1.49. The van der Waals surface area contributed by atoms with E-state index < -0.39 is 0 Å². The first-order valence-electron chi connectivity index (χ1n) is 6.04. The number of likely N-dealkylation sites (tertiary alicyclic amines) is 1. The lowest BCUT2D eigenvalue weighted by molar-refractivity contribution is 0.0397. The highest BCUT2D eigenvalue weighted by Crippen LogP contribution is 2.59. The van der Waals surface area contributed by atoms with Gasteiger partial charge in [0.15, 0.2) is 0 Å². The Hall–Kier alpha value is -0.0800. The smallest absolute Gasteiger partial charge is 0.0190 e. The van der Waals surface area contributed by atoms with Gasteiger partial charge in [0, 0.05) is 25.7 Å². The van der Waals surface area contributed by atoms with Gasteiger partial charge in [0.2, 0.25) is 0 Å². The second-order valence-electron chi connectivity index (χ2n) is 5.57. The SMILES string of the molecule is CC(CN)N1CC(C)C2(CC2)C(C)C1. The van der Waals surface area contributed by atoms with Crippen LogP contribution in [0, 0.1) is 17.3 Å². The zero-order valence-corrected chi connectivity index (χ0v) is 9.79. The summed E-state index contributed by atoms with van der Waals surface area (Å²) in [4.78, 5) is 2.58. The predicted octanol–water partition coefficient (Wildman–Crippen LogP) is 1.70. The van der Waals surface area contributed by atoms with Gasteiger partial charge < -0.3 is 5.73 Å². The summed E-state index contributed by atoms with van der Waals surface area (Å²) in [5.74, 6) is 1.75. The molecule has 0 amide bonds. The van der Waals surface area contributed by atoms with Gasteiger partial charge in [-0.2, -0.15) is 0 Å². The lowest BCUT2D eigenvalue weighted by atomic mass is 9.76. The maximum absolute atomic E-state index is 5.74. The molecular formula is C12H24N2. The fourth-order valence-electron chi connectivity index (χ4n) is 3.27. The van der Waals surface area contributed by atoms with Crippen LogP contribution in [0.1, 0.15) is 33.6 Å². The van der Waals surface area contributed by atoms with Gasteiger partial charge in [-0.25, -0.2) is 0 Å². The van der Waals surface area contributed by atoms with E-state index >= 15 is 0 Å². The average Bonchev–Trinajstić information content (AvgIpc) is 2.94. The van der Waals surface area contributed by atoms with Crippen molar-refractivity contribution in [2.45, 2.75) is 39.7 Å². The topological polar surface area (TPSA) is 29.3 Å². The molecule has 3 unspecified atom stereocenters. The summed E-state index contributed by atoms with van der Waals surface area (Å²) in [6.07, 6.45) is 2.94. The van der Waals surface area contributed by atoms with Crippen molar-refractivity contribution >= 4 is 0 Å². The quantitative estimate of drug-likeness (QED) is 0.728. The first-order chi connectivity index (χ1) is 6.60. The Morgan fingerprint density at radius 1 is 1.29 bits per heavy atom. The highest BCUT2D eigenvalue weighted by Gasteiger charge is 2.54. The number of piperidine rings is 1. The Balaban J connectivity index is 2.01. The normalized spacial score (nSPS) is 38.6. The number of nitrogens with zero attached hydrogens (tertiary/aromatic N) is 1. The zero-order valence-electron chi connectivity index (χ0n) is 9.79. The minimum Gasteiger partial charge on any atom is -0.329 e. The molecule has 1 aliphatic heterocycles. The van der Waals surface area contributed by atoms with E-state index in [1.54, 1.807) is 0 Å². The molecule has 1 aliphatic carbocycles. The molecule has 0 aromatic carbocycles. The molecule has 1 saturated heterocycles. The Bertz CT molecular complexity index is 196. The van der Waals surface area contributed by atoms with E-state index in [2.05, 4.69) is 25.7 Å². The molecule has 2 N–H and O–H groups in total. The minimum absolute atomic E-state index is 0.566. The first-order valence-corrected chi connectivity index (χ1v) is 6.04. The number of hydrogen-bond acceptors (Lipinski definition) is 2. The maximum Gasteiger partial charge on any atom is 0.0190 e. The van der Waals surface area contributed by atoms with E-state index in [1.165, 1.54) is 25.9 Å². The Labute approximate surface area is 87.8 Å². The van der Waals surface area contributed by atoms with Crippen LogP contribution >= 0.6 is 0 Å². The summed E-state index contributed by atoms with van der Waals surface area (Å²) < 4.78 is 0. The van der Waals surface area contributed by atoms with Crippen molar-refractivity contribution in [2.75, 3.05) is 19.6 Å². The van der Waals surface area contributed by atoms with Crippen LogP contribution in [0.2, 0.25) is 0 Å². The average molecular weight is 196 g/mol. The third-order valence-corrected chi connectivity index (χ3v) is 4.77. The number of rotatable bonds is 2. The molecule has 2 aliphatic rings. The molecule has 2 heteroatoms. The molecule has 0 aromatic rings. The second kappa shape index (κ2) is 3.49. The first kappa shape index (κ1) is 10.4. The molecule has 82 valence electrons. The van der Waals surface area contributed by atoms with E-state index in [9.17, 15) is 0 Å². The van der Waals surface area contributed by atoms with Gasteiger partial charge in [-0.3, -0.25) is 4.90 Å². The highest BCUT2D eigenvalue weighted by molar-refractivity contribution is 5.04. The molecule has 3 atom stereocenters. The molecule has 0 radical (unpaired) electrons. The van der Waals surface area contributed by atoms with Crippen LogP contribution in [0.5, 0.6) is 0 Å². The summed E-state index contributed by atoms with van der Waals surface area (Å²) in [5, 5.41) is 0. The van der Waals surface area contributed by atoms with E-state index in [1.807, 2.05) is 0 Å². The van der Waals surface area contributed by atoms with Crippen molar-refractivity contribution in [2.24, 2.45) is 23.0 Å². The number of nitrogens with two attached hydrogens (primary N) is 1. The summed E-state index contributed by atoms with van der Waals surface area (Å²) in [6, 6.07) is 0.566. The van der Waals surface area contributed by atoms with E-state index in [0.717, 1.165) is 23.8 Å². The van der Waals surface area contributed by atoms with Gasteiger partial charge in [-0.1, -0.05) is 13.8 Å². The molecule has 1 spiro atoms. The monoisotopic (exact) mass is 196 g/mol. The van der Waals surface area contributed by atoms with E-state index in [0.29, 0.717) is 6.04 Å². The van der Waals surface area contributed by atoms with E-state index in [-0.39, 0.29) is 0 Å². The fourth-order valence-corrected chi connectivity index (χ4v) is 3.27. The van der Waals surface area contributed by atoms with Crippen LogP contribution in [0.25, 0.3) is 0 Å². The van der Waals surface area contributed by atoms with Gasteiger partial charge in [0.1, 0.15) is 0 Å². The molecule has 1 saturated carbocycles. The van der Waals surface area contributed by atoms with E-state index in [4.69, 9.17) is 5.73 Å². The van der Waals surface area contributed by atoms with Gasteiger partial charge in [0.25, 0.3) is 0 Å². The lowest BCUT2D eigenvalue weighted by Gasteiger charge is -2.44. The molecule has 2 nitrogen and oxygen atoms in total. The molecule has 0 bridgehead atoms. The Morgan fingerprint density at radius 3 is 2.14 bits per heavy atom. The third-order valence-electron chi connectivity index (χ3n) is 4.77. The van der Waals surface area contributed by atoms with Gasteiger partial charge in [-0.15, -0.1) is 0 Å². The van der Waals surface area contributed by atoms with Crippen LogP contribution in [0.15, 0.2) is 0 Å². The molecular weight excluding hydrogens is 172 g/mol. The van der Waals surface area contributed by atoms with Crippen LogP contribution in [-0.4, -0.2) is 30.6 Å². The minimum atomic E-state index is 0.566. The molecule has 2 rings (SSSR count). The highest BCUT2D eigenvalue weighted by atomic mass is 15.2. The fraction of sp³-hybridized carbons (Fsp3) is 1.00. The summed E-state index contributed by atoms with van der Waals surface area (Å²) in [5.41, 5.74) is 6.46. The van der Waals surface area contributed by atoms with Crippen molar-refractivity contribution in [1.82, 2.24) is 4.90 Å². The van der Waals surface area contributed by atoms with Crippen molar-refractivity contribution in [3.63, 3.8) is 0 Å². The standard InChI is InChI=1S/C12H24N2/c1-9-7-14(11(3)6-13)8-10(2)12(9)4-5-12/h9-11H,4-8,13H2,1-3H3. The molecule has 2 fully saturated rings.